The second-order valence-electron chi connectivity index (χ2n) is 4.80. The van der Waals surface area contributed by atoms with Gasteiger partial charge in [0.15, 0.2) is 0 Å². The number of ether oxygens (including phenoxy) is 1. The van der Waals surface area contributed by atoms with Gasteiger partial charge in [-0.05, 0) is 37.0 Å². The average Bonchev–Trinajstić information content (AvgIpc) is 2.90. The van der Waals surface area contributed by atoms with E-state index in [4.69, 9.17) is 4.74 Å². The Balaban J connectivity index is 1.82. The number of Topliss-reactive ketones (excluding diaryl/α,β-unsaturated/α-hetero) is 1. The molecular weight excluding hydrogens is 212 g/mol. The van der Waals surface area contributed by atoms with E-state index in [2.05, 4.69) is 0 Å². The molecule has 92 valence electrons. The van der Waals surface area contributed by atoms with E-state index in [1.165, 1.54) is 18.4 Å². The van der Waals surface area contributed by atoms with Crippen LogP contribution in [0.2, 0.25) is 0 Å². The number of hydrogen-bond donors (Lipinski definition) is 0. The Morgan fingerprint density at radius 1 is 1.24 bits per heavy atom. The van der Waals surface area contributed by atoms with Gasteiger partial charge in [0.1, 0.15) is 11.5 Å². The number of methoxy groups -OCH3 is 1. The van der Waals surface area contributed by atoms with Gasteiger partial charge in [-0.25, -0.2) is 0 Å². The van der Waals surface area contributed by atoms with Gasteiger partial charge in [-0.2, -0.15) is 0 Å². The highest BCUT2D eigenvalue weighted by Crippen LogP contribution is 2.26. The van der Waals surface area contributed by atoms with Crippen molar-refractivity contribution in [3.05, 3.63) is 29.8 Å². The van der Waals surface area contributed by atoms with Crippen LogP contribution in [0.15, 0.2) is 24.3 Å². The van der Waals surface area contributed by atoms with Crippen LogP contribution < -0.4 is 4.74 Å². The predicted molar refractivity (Wildman–Crippen MR) is 68.3 cm³/mol. The van der Waals surface area contributed by atoms with Crippen LogP contribution in [0.4, 0.5) is 0 Å². The van der Waals surface area contributed by atoms with Crippen LogP contribution >= 0.6 is 0 Å². The smallest absolute Gasteiger partial charge is 0.136 e. The van der Waals surface area contributed by atoms with Gasteiger partial charge in [-0.3, -0.25) is 4.79 Å². The van der Waals surface area contributed by atoms with Crippen molar-refractivity contribution in [2.24, 2.45) is 5.92 Å². The number of rotatable bonds is 5. The molecule has 0 bridgehead atoms. The predicted octanol–water partition coefficient (Wildman–Crippen LogP) is 3.39. The molecule has 0 N–H and O–H groups in total. The monoisotopic (exact) mass is 232 g/mol. The fraction of sp³-hybridized carbons (Fsp3) is 0.533. The Kier molecular flexibility index (Phi) is 4.18. The molecule has 1 saturated carbocycles. The number of hydrogen-bond acceptors (Lipinski definition) is 2. The maximum absolute atomic E-state index is 11.9. The highest BCUT2D eigenvalue weighted by atomic mass is 16.5. The van der Waals surface area contributed by atoms with Crippen molar-refractivity contribution < 1.29 is 9.53 Å². The van der Waals surface area contributed by atoms with Crippen molar-refractivity contribution in [3.63, 3.8) is 0 Å². The van der Waals surface area contributed by atoms with E-state index in [1.807, 2.05) is 24.3 Å². The molecule has 0 atom stereocenters. The minimum absolute atomic E-state index is 0.355. The van der Waals surface area contributed by atoms with E-state index in [0.29, 0.717) is 18.1 Å². The van der Waals surface area contributed by atoms with Gasteiger partial charge in [-0.1, -0.05) is 25.0 Å². The summed E-state index contributed by atoms with van der Waals surface area (Å²) in [5, 5.41) is 0. The van der Waals surface area contributed by atoms with Gasteiger partial charge in [0.25, 0.3) is 0 Å². The maximum Gasteiger partial charge on any atom is 0.136 e. The summed E-state index contributed by atoms with van der Waals surface area (Å²) in [6, 6.07) is 7.99. The van der Waals surface area contributed by atoms with Crippen molar-refractivity contribution >= 4 is 5.78 Å². The lowest BCUT2D eigenvalue weighted by Crippen LogP contribution is -2.11. The van der Waals surface area contributed by atoms with Gasteiger partial charge in [0.05, 0.1) is 7.11 Å². The summed E-state index contributed by atoms with van der Waals surface area (Å²) in [5.74, 6) is 1.68. The number of carbonyl (C=O) groups excluding carboxylic acids is 1. The largest absolute Gasteiger partial charge is 0.497 e. The van der Waals surface area contributed by atoms with E-state index in [9.17, 15) is 4.79 Å². The number of ketones is 1. The third-order valence-electron chi connectivity index (χ3n) is 3.63. The average molecular weight is 232 g/mol. The van der Waals surface area contributed by atoms with Gasteiger partial charge in [-0.15, -0.1) is 0 Å². The van der Waals surface area contributed by atoms with Gasteiger partial charge in [0.2, 0.25) is 0 Å². The highest BCUT2D eigenvalue weighted by Gasteiger charge is 2.21. The minimum Gasteiger partial charge on any atom is -0.497 e. The summed E-state index contributed by atoms with van der Waals surface area (Å²) < 4.78 is 5.11. The first-order chi connectivity index (χ1) is 8.29. The molecule has 2 nitrogen and oxygen atoms in total. The number of carbonyl (C=O) groups is 1. The van der Waals surface area contributed by atoms with E-state index in [0.717, 1.165) is 25.0 Å². The molecule has 1 fully saturated rings. The maximum atomic E-state index is 11.9. The Hall–Kier alpha value is -1.31. The van der Waals surface area contributed by atoms with E-state index in [-0.39, 0.29) is 0 Å². The van der Waals surface area contributed by atoms with E-state index in [1.54, 1.807) is 7.11 Å². The Morgan fingerprint density at radius 2 is 1.88 bits per heavy atom. The summed E-state index contributed by atoms with van der Waals surface area (Å²) in [5.41, 5.74) is 1.22. The Morgan fingerprint density at radius 3 is 2.47 bits per heavy atom. The summed E-state index contributed by atoms with van der Waals surface area (Å²) in [6.45, 7) is 0. The molecule has 0 radical (unpaired) electrons. The fourth-order valence-corrected chi connectivity index (χ4v) is 2.51. The molecule has 1 aromatic carbocycles. The standard InChI is InChI=1S/C15H20O2/c1-17-14-9-6-12(7-10-14)8-11-15(16)13-4-2-3-5-13/h6-7,9-10,13H,2-5,8,11H2,1H3. The van der Waals surface area contributed by atoms with Crippen molar-refractivity contribution in [2.75, 3.05) is 7.11 Å². The summed E-state index contributed by atoms with van der Waals surface area (Å²) in [7, 11) is 1.67. The first-order valence-corrected chi connectivity index (χ1v) is 6.45. The van der Waals surface area contributed by atoms with Crippen molar-refractivity contribution in [2.45, 2.75) is 38.5 Å². The van der Waals surface area contributed by atoms with Crippen molar-refractivity contribution in [1.29, 1.82) is 0 Å². The first-order valence-electron chi connectivity index (χ1n) is 6.45. The van der Waals surface area contributed by atoms with Crippen LogP contribution in [-0.2, 0) is 11.2 Å². The fourth-order valence-electron chi connectivity index (χ4n) is 2.51. The van der Waals surface area contributed by atoms with Crippen LogP contribution in [0.1, 0.15) is 37.7 Å². The zero-order chi connectivity index (χ0) is 12.1. The van der Waals surface area contributed by atoms with Gasteiger partial charge in [0, 0.05) is 12.3 Å². The minimum atomic E-state index is 0.355. The molecule has 0 saturated heterocycles. The lowest BCUT2D eigenvalue weighted by molar-refractivity contribution is -0.122. The van der Waals surface area contributed by atoms with E-state index >= 15 is 0 Å². The van der Waals surface area contributed by atoms with Crippen LogP contribution in [0.5, 0.6) is 5.75 Å². The molecule has 2 heteroatoms. The van der Waals surface area contributed by atoms with Gasteiger partial charge >= 0.3 is 0 Å². The molecule has 0 unspecified atom stereocenters. The lowest BCUT2D eigenvalue weighted by atomic mass is 9.97. The molecule has 1 aromatic rings. The third-order valence-corrected chi connectivity index (χ3v) is 3.63. The zero-order valence-electron chi connectivity index (χ0n) is 10.4. The van der Waals surface area contributed by atoms with Crippen LogP contribution in [0.25, 0.3) is 0 Å². The van der Waals surface area contributed by atoms with Crippen LogP contribution in [0.3, 0.4) is 0 Å². The molecule has 1 aliphatic rings. The van der Waals surface area contributed by atoms with Crippen molar-refractivity contribution in [1.82, 2.24) is 0 Å². The first kappa shape index (κ1) is 12.2. The lowest BCUT2D eigenvalue weighted by Gasteiger charge is -2.08. The van der Waals surface area contributed by atoms with Gasteiger partial charge < -0.3 is 4.74 Å². The van der Waals surface area contributed by atoms with Crippen LogP contribution in [0, 0.1) is 5.92 Å². The highest BCUT2D eigenvalue weighted by molar-refractivity contribution is 5.81. The molecule has 0 aromatic heterocycles. The Labute approximate surface area is 103 Å². The normalized spacial score (nSPS) is 16.1. The third kappa shape index (κ3) is 3.32. The Bertz CT molecular complexity index is 361. The SMILES string of the molecule is COc1ccc(CCC(=O)C2CCCC2)cc1. The molecule has 0 spiro atoms. The molecule has 2 rings (SSSR count). The summed E-state index contributed by atoms with van der Waals surface area (Å²) in [4.78, 5) is 11.9. The van der Waals surface area contributed by atoms with Crippen LogP contribution in [-0.4, -0.2) is 12.9 Å². The molecule has 0 heterocycles. The summed E-state index contributed by atoms with van der Waals surface area (Å²) >= 11 is 0. The molecule has 0 amide bonds. The second-order valence-corrected chi connectivity index (χ2v) is 4.80. The quantitative estimate of drug-likeness (QED) is 0.778. The number of benzene rings is 1. The zero-order valence-corrected chi connectivity index (χ0v) is 10.4. The molecule has 17 heavy (non-hydrogen) atoms. The molecular formula is C15H20O2. The number of aryl methyl sites for hydroxylation is 1. The molecule has 0 aliphatic heterocycles. The van der Waals surface area contributed by atoms with E-state index < -0.39 is 0 Å². The topological polar surface area (TPSA) is 26.3 Å². The van der Waals surface area contributed by atoms with Crippen molar-refractivity contribution in [3.8, 4) is 5.75 Å². The molecule has 1 aliphatic carbocycles. The summed E-state index contributed by atoms with van der Waals surface area (Å²) in [6.07, 6.45) is 6.25. The second kappa shape index (κ2) is 5.85.